The number of aromatic nitrogens is 2. The Bertz CT molecular complexity index is 773. The molecule has 0 saturated heterocycles. The smallest absolute Gasteiger partial charge is 0.157 e. The SMILES string of the molecule is CN=c1sn(-c2ccc(Cl)cc2)nc1-c1ccccc1. The van der Waals surface area contributed by atoms with Crippen molar-refractivity contribution in [1.29, 1.82) is 0 Å². The molecule has 0 amide bonds. The maximum Gasteiger partial charge on any atom is 0.157 e. The van der Waals surface area contributed by atoms with Crippen LogP contribution in [0.1, 0.15) is 0 Å². The van der Waals surface area contributed by atoms with E-state index in [2.05, 4.69) is 10.1 Å². The van der Waals surface area contributed by atoms with Crippen LogP contribution < -0.4 is 4.67 Å². The van der Waals surface area contributed by atoms with Crippen LogP contribution in [0.2, 0.25) is 5.02 Å². The normalized spacial score (nSPS) is 11.8. The van der Waals surface area contributed by atoms with Gasteiger partial charge in [0.15, 0.2) is 4.67 Å². The lowest BCUT2D eigenvalue weighted by Gasteiger charge is -1.99. The van der Waals surface area contributed by atoms with E-state index in [9.17, 15) is 0 Å². The third kappa shape index (κ3) is 2.53. The third-order valence-corrected chi connectivity index (χ3v) is 4.13. The van der Waals surface area contributed by atoms with Crippen molar-refractivity contribution in [2.75, 3.05) is 7.05 Å². The van der Waals surface area contributed by atoms with Crippen LogP contribution in [-0.2, 0) is 0 Å². The molecule has 5 heteroatoms. The highest BCUT2D eigenvalue weighted by molar-refractivity contribution is 7.04. The second-order valence-corrected chi connectivity index (χ2v) is 5.54. The van der Waals surface area contributed by atoms with Gasteiger partial charge in [0, 0.05) is 17.6 Å². The third-order valence-electron chi connectivity index (χ3n) is 2.86. The molecule has 100 valence electrons. The zero-order valence-corrected chi connectivity index (χ0v) is 12.4. The largest absolute Gasteiger partial charge is 0.275 e. The Morgan fingerprint density at radius 2 is 1.75 bits per heavy atom. The molecule has 0 fully saturated rings. The first-order chi connectivity index (χ1) is 9.78. The van der Waals surface area contributed by atoms with Crippen LogP contribution in [0, 0.1) is 0 Å². The van der Waals surface area contributed by atoms with Gasteiger partial charge in [-0.05, 0) is 35.8 Å². The van der Waals surface area contributed by atoms with Crippen LogP contribution >= 0.6 is 23.1 Å². The van der Waals surface area contributed by atoms with Gasteiger partial charge in [-0.3, -0.25) is 4.99 Å². The van der Waals surface area contributed by atoms with Crippen LogP contribution in [0.4, 0.5) is 0 Å². The van der Waals surface area contributed by atoms with Crippen molar-refractivity contribution in [1.82, 2.24) is 9.17 Å². The lowest BCUT2D eigenvalue weighted by atomic mass is 10.2. The van der Waals surface area contributed by atoms with Gasteiger partial charge in [-0.25, -0.2) is 0 Å². The quantitative estimate of drug-likeness (QED) is 0.708. The van der Waals surface area contributed by atoms with E-state index in [0.29, 0.717) is 0 Å². The van der Waals surface area contributed by atoms with Crippen molar-refractivity contribution in [2.45, 2.75) is 0 Å². The molecule has 3 rings (SSSR count). The monoisotopic (exact) mass is 301 g/mol. The fourth-order valence-electron chi connectivity index (χ4n) is 1.88. The van der Waals surface area contributed by atoms with E-state index in [1.807, 2.05) is 58.7 Å². The molecule has 0 spiro atoms. The van der Waals surface area contributed by atoms with Crippen LogP contribution in [-0.4, -0.2) is 16.2 Å². The second kappa shape index (κ2) is 5.61. The fourth-order valence-corrected chi connectivity index (χ4v) is 2.85. The molecular weight excluding hydrogens is 290 g/mol. The first-order valence-corrected chi connectivity index (χ1v) is 7.28. The van der Waals surface area contributed by atoms with E-state index in [4.69, 9.17) is 11.6 Å². The van der Waals surface area contributed by atoms with E-state index in [1.165, 1.54) is 11.5 Å². The highest BCUT2D eigenvalue weighted by Gasteiger charge is 2.08. The summed E-state index contributed by atoms with van der Waals surface area (Å²) in [6.45, 7) is 0. The minimum absolute atomic E-state index is 0.717. The Morgan fingerprint density at radius 3 is 2.40 bits per heavy atom. The minimum atomic E-state index is 0.717. The molecule has 0 bridgehead atoms. The number of halogens is 1. The average Bonchev–Trinajstić information content (AvgIpc) is 2.93. The topological polar surface area (TPSA) is 30.2 Å². The van der Waals surface area contributed by atoms with Crippen LogP contribution in [0.3, 0.4) is 0 Å². The Labute approximate surface area is 126 Å². The van der Waals surface area contributed by atoms with Crippen molar-refractivity contribution in [3.05, 3.63) is 64.3 Å². The molecule has 0 aliphatic rings. The Hall–Kier alpha value is -1.91. The van der Waals surface area contributed by atoms with Gasteiger partial charge in [-0.2, -0.15) is 9.17 Å². The predicted molar refractivity (Wildman–Crippen MR) is 83.4 cm³/mol. The van der Waals surface area contributed by atoms with Crippen LogP contribution in [0.5, 0.6) is 0 Å². The number of benzene rings is 2. The zero-order chi connectivity index (χ0) is 13.9. The molecule has 0 unspecified atom stereocenters. The molecule has 0 radical (unpaired) electrons. The lowest BCUT2D eigenvalue weighted by molar-refractivity contribution is 0.959. The molecule has 20 heavy (non-hydrogen) atoms. The van der Waals surface area contributed by atoms with Gasteiger partial charge in [-0.15, -0.1) is 0 Å². The van der Waals surface area contributed by atoms with Crippen molar-refractivity contribution in [3.63, 3.8) is 0 Å². The van der Waals surface area contributed by atoms with Gasteiger partial charge in [0.1, 0.15) is 5.69 Å². The summed E-state index contributed by atoms with van der Waals surface area (Å²) in [6, 6.07) is 17.7. The highest BCUT2D eigenvalue weighted by Crippen LogP contribution is 2.18. The number of nitrogens with zero attached hydrogens (tertiary/aromatic N) is 3. The predicted octanol–water partition coefficient (Wildman–Crippen LogP) is 3.78. The zero-order valence-electron chi connectivity index (χ0n) is 10.8. The number of hydrogen-bond acceptors (Lipinski definition) is 3. The summed E-state index contributed by atoms with van der Waals surface area (Å²) in [6.07, 6.45) is 0. The average molecular weight is 302 g/mol. The van der Waals surface area contributed by atoms with Crippen molar-refractivity contribution in [2.24, 2.45) is 4.99 Å². The number of rotatable bonds is 2. The second-order valence-electron chi connectivity index (χ2n) is 4.18. The summed E-state index contributed by atoms with van der Waals surface area (Å²) in [4.78, 5) is 4.32. The van der Waals surface area contributed by atoms with Crippen LogP contribution in [0.15, 0.2) is 59.6 Å². The van der Waals surface area contributed by atoms with Crippen molar-refractivity contribution < 1.29 is 0 Å². The molecule has 0 aliphatic heterocycles. The van der Waals surface area contributed by atoms with E-state index >= 15 is 0 Å². The molecule has 1 heterocycles. The van der Waals surface area contributed by atoms with Crippen LogP contribution in [0.25, 0.3) is 16.9 Å². The maximum atomic E-state index is 5.91. The molecule has 0 N–H and O–H groups in total. The number of hydrogen-bond donors (Lipinski definition) is 0. The molecule has 2 aromatic carbocycles. The van der Waals surface area contributed by atoms with Crippen molar-refractivity contribution >= 4 is 23.1 Å². The maximum absolute atomic E-state index is 5.91. The summed E-state index contributed by atoms with van der Waals surface area (Å²) >= 11 is 7.42. The summed E-state index contributed by atoms with van der Waals surface area (Å²) < 4.78 is 2.77. The fraction of sp³-hybridized carbons (Fsp3) is 0.0667. The van der Waals surface area contributed by atoms with E-state index < -0.39 is 0 Å². The van der Waals surface area contributed by atoms with Crippen molar-refractivity contribution in [3.8, 4) is 16.9 Å². The van der Waals surface area contributed by atoms with E-state index in [-0.39, 0.29) is 0 Å². The summed E-state index contributed by atoms with van der Waals surface area (Å²) in [7, 11) is 1.78. The summed E-state index contributed by atoms with van der Waals surface area (Å²) in [5.41, 5.74) is 2.94. The van der Waals surface area contributed by atoms with E-state index in [0.717, 1.165) is 26.6 Å². The van der Waals surface area contributed by atoms with Gasteiger partial charge >= 0.3 is 0 Å². The summed E-state index contributed by atoms with van der Waals surface area (Å²) in [5, 5.41) is 5.37. The van der Waals surface area contributed by atoms with Gasteiger partial charge in [0.05, 0.1) is 5.69 Å². The molecule has 3 aromatic rings. The van der Waals surface area contributed by atoms with Gasteiger partial charge in [0.25, 0.3) is 0 Å². The molecule has 1 aromatic heterocycles. The lowest BCUT2D eigenvalue weighted by Crippen LogP contribution is -1.97. The molecule has 3 nitrogen and oxygen atoms in total. The Balaban J connectivity index is 2.12. The highest BCUT2D eigenvalue weighted by atomic mass is 35.5. The van der Waals surface area contributed by atoms with Gasteiger partial charge in [0.2, 0.25) is 0 Å². The first-order valence-electron chi connectivity index (χ1n) is 6.13. The molecular formula is C15H12ClN3S. The Morgan fingerprint density at radius 1 is 1.05 bits per heavy atom. The molecule has 0 saturated carbocycles. The standard InChI is InChI=1S/C15H12ClN3S/c1-17-15-14(11-5-3-2-4-6-11)18-19(20-15)13-9-7-12(16)8-10-13/h2-10H,1H3. The Kier molecular flexibility index (Phi) is 3.67. The molecule has 0 aliphatic carbocycles. The minimum Gasteiger partial charge on any atom is -0.275 e. The first kappa shape index (κ1) is 13.1. The van der Waals surface area contributed by atoms with Gasteiger partial charge in [-0.1, -0.05) is 41.9 Å². The molecule has 0 atom stereocenters. The van der Waals surface area contributed by atoms with E-state index in [1.54, 1.807) is 7.05 Å². The summed E-state index contributed by atoms with van der Waals surface area (Å²) in [5.74, 6) is 0. The van der Waals surface area contributed by atoms with Gasteiger partial charge < -0.3 is 0 Å².